The van der Waals surface area contributed by atoms with Crippen LogP contribution in [-0.2, 0) is 21.2 Å². The molecule has 0 radical (unpaired) electrons. The van der Waals surface area contributed by atoms with Crippen molar-refractivity contribution in [3.05, 3.63) is 113 Å². The number of sulfonamides is 1. The number of aryl methyl sites for hydroxylation is 1. The summed E-state index contributed by atoms with van der Waals surface area (Å²) in [5.74, 6) is 5.71. The normalized spacial score (nSPS) is 17.0. The van der Waals surface area contributed by atoms with Crippen LogP contribution >= 0.6 is 0 Å². The first-order valence-electron chi connectivity index (χ1n) is 10.6. The number of benzene rings is 3. The minimum atomic E-state index is -3.93. The number of rotatable bonds is 4. The van der Waals surface area contributed by atoms with E-state index in [4.69, 9.17) is 4.74 Å². The van der Waals surface area contributed by atoms with Crippen LogP contribution in [0, 0.1) is 18.8 Å². The molecule has 4 rings (SSSR count). The monoisotopic (exact) mass is 461 g/mol. The van der Waals surface area contributed by atoms with Gasteiger partial charge < -0.3 is 4.74 Å². The van der Waals surface area contributed by atoms with Gasteiger partial charge in [0.15, 0.2) is 0 Å². The lowest BCUT2D eigenvalue weighted by Gasteiger charge is -2.28. The van der Waals surface area contributed by atoms with Crippen LogP contribution in [0.3, 0.4) is 0 Å². The summed E-state index contributed by atoms with van der Waals surface area (Å²) >= 11 is 0. The average Bonchev–Trinajstić information content (AvgIpc) is 2.98. The van der Waals surface area contributed by atoms with E-state index in [1.54, 1.807) is 24.3 Å². The van der Waals surface area contributed by atoms with Gasteiger partial charge in [-0.15, -0.1) is 0 Å². The highest BCUT2D eigenvalue weighted by Crippen LogP contribution is 2.27. The topological polar surface area (TPSA) is 46.6 Å². The zero-order valence-electron chi connectivity index (χ0n) is 18.2. The molecule has 1 unspecified atom stereocenters. The van der Waals surface area contributed by atoms with Crippen LogP contribution in [0.4, 0.5) is 4.39 Å². The number of hydrogen-bond acceptors (Lipinski definition) is 3. The number of ether oxygens (including phenoxy) is 1. The first kappa shape index (κ1) is 22.8. The van der Waals surface area contributed by atoms with E-state index in [-0.39, 0.29) is 23.6 Å². The van der Waals surface area contributed by atoms with E-state index in [1.807, 2.05) is 67.6 Å². The van der Waals surface area contributed by atoms with Gasteiger partial charge in [-0.25, -0.2) is 8.42 Å². The molecular weight excluding hydrogens is 437 g/mol. The van der Waals surface area contributed by atoms with Crippen molar-refractivity contribution in [1.82, 2.24) is 4.31 Å². The number of nitrogens with zero attached hydrogens (tertiary/aromatic N) is 1. The third-order valence-electron chi connectivity index (χ3n) is 5.43. The molecule has 6 heteroatoms. The van der Waals surface area contributed by atoms with Gasteiger partial charge in [-0.1, -0.05) is 78.1 Å². The molecule has 0 saturated heterocycles. The third kappa shape index (κ3) is 5.51. The van der Waals surface area contributed by atoms with Crippen molar-refractivity contribution in [2.24, 2.45) is 0 Å². The van der Waals surface area contributed by atoms with Gasteiger partial charge in [0.05, 0.1) is 23.1 Å². The van der Waals surface area contributed by atoms with Crippen LogP contribution in [0.25, 0.3) is 0 Å². The Morgan fingerprint density at radius 1 is 0.939 bits per heavy atom. The molecule has 3 aromatic rings. The summed E-state index contributed by atoms with van der Waals surface area (Å²) in [5.41, 5.74) is 2.60. The highest BCUT2D eigenvalue weighted by atomic mass is 32.2. The first-order valence-corrected chi connectivity index (χ1v) is 12.1. The lowest BCUT2D eigenvalue weighted by atomic mass is 10.1. The summed E-state index contributed by atoms with van der Waals surface area (Å²) in [5, 5.41) is 0. The predicted octanol–water partition coefficient (Wildman–Crippen LogP) is 4.86. The molecule has 0 bridgehead atoms. The van der Waals surface area contributed by atoms with Gasteiger partial charge in [-0.2, -0.15) is 8.70 Å². The Bertz CT molecular complexity index is 1290. The van der Waals surface area contributed by atoms with E-state index in [1.165, 1.54) is 4.31 Å². The van der Waals surface area contributed by atoms with E-state index in [2.05, 4.69) is 11.8 Å². The SMILES string of the molecule is Cc1ccc(S(=O)(=O)N2CC(C#Cc3ccccc3)=C(F)OCC2Cc2ccccc2)cc1. The number of halogens is 1. The molecule has 0 fully saturated rings. The maximum atomic E-state index is 14.9. The van der Waals surface area contributed by atoms with Crippen LogP contribution in [-0.4, -0.2) is 31.9 Å². The van der Waals surface area contributed by atoms with Gasteiger partial charge in [0.2, 0.25) is 10.0 Å². The first-order chi connectivity index (χ1) is 15.9. The van der Waals surface area contributed by atoms with E-state index in [0.717, 1.165) is 11.1 Å². The fourth-order valence-electron chi connectivity index (χ4n) is 3.62. The largest absolute Gasteiger partial charge is 0.468 e. The van der Waals surface area contributed by atoms with Crippen molar-refractivity contribution in [3.8, 4) is 11.8 Å². The maximum Gasteiger partial charge on any atom is 0.285 e. The molecule has 1 heterocycles. The zero-order chi connectivity index (χ0) is 23.3. The van der Waals surface area contributed by atoms with Crippen molar-refractivity contribution in [1.29, 1.82) is 0 Å². The Hall–Kier alpha value is -3.40. The van der Waals surface area contributed by atoms with Gasteiger partial charge in [0, 0.05) is 5.56 Å². The molecule has 0 N–H and O–H groups in total. The molecule has 0 aromatic heterocycles. The van der Waals surface area contributed by atoms with Crippen LogP contribution in [0.5, 0.6) is 0 Å². The minimum absolute atomic E-state index is 0.00472. The second kappa shape index (κ2) is 10.0. The predicted molar refractivity (Wildman–Crippen MR) is 126 cm³/mol. The smallest absolute Gasteiger partial charge is 0.285 e. The van der Waals surface area contributed by atoms with E-state index in [9.17, 15) is 12.8 Å². The van der Waals surface area contributed by atoms with Crippen molar-refractivity contribution in [2.45, 2.75) is 24.3 Å². The van der Waals surface area contributed by atoms with Gasteiger partial charge in [0.1, 0.15) is 6.61 Å². The van der Waals surface area contributed by atoms with Crippen molar-refractivity contribution >= 4 is 10.0 Å². The van der Waals surface area contributed by atoms with Crippen LogP contribution in [0.2, 0.25) is 0 Å². The quantitative estimate of drug-likeness (QED) is 0.522. The van der Waals surface area contributed by atoms with Gasteiger partial charge >= 0.3 is 0 Å². The Balaban J connectivity index is 1.72. The lowest BCUT2D eigenvalue weighted by Crippen LogP contribution is -2.44. The molecule has 168 valence electrons. The Labute approximate surface area is 194 Å². The van der Waals surface area contributed by atoms with Crippen molar-refractivity contribution in [3.63, 3.8) is 0 Å². The average molecular weight is 462 g/mol. The van der Waals surface area contributed by atoms with Gasteiger partial charge in [0.25, 0.3) is 6.01 Å². The standard InChI is InChI=1S/C27H24FNO3S/c1-21-12-16-26(17-13-21)33(30,31)29-19-24(15-14-22-8-4-2-5-9-22)27(28)32-20-25(29)18-23-10-6-3-7-11-23/h2-13,16-17,25H,18-20H2,1H3. The summed E-state index contributed by atoms with van der Waals surface area (Å²) in [4.78, 5) is 0.156. The molecule has 3 aromatic carbocycles. The Morgan fingerprint density at radius 3 is 2.24 bits per heavy atom. The molecule has 0 amide bonds. The third-order valence-corrected chi connectivity index (χ3v) is 7.35. The molecule has 0 spiro atoms. The fraction of sp³-hybridized carbons (Fsp3) is 0.185. The van der Waals surface area contributed by atoms with E-state index < -0.39 is 22.1 Å². The van der Waals surface area contributed by atoms with Crippen LogP contribution < -0.4 is 0 Å². The van der Waals surface area contributed by atoms with Gasteiger partial charge in [-0.05, 0) is 43.2 Å². The van der Waals surface area contributed by atoms with Crippen molar-refractivity contribution < 1.29 is 17.5 Å². The second-order valence-electron chi connectivity index (χ2n) is 7.89. The molecule has 1 aliphatic heterocycles. The number of hydrogen-bond donors (Lipinski definition) is 0. The lowest BCUT2D eigenvalue weighted by molar-refractivity contribution is 0.115. The molecular formula is C27H24FNO3S. The molecule has 0 saturated carbocycles. The second-order valence-corrected chi connectivity index (χ2v) is 9.78. The summed E-state index contributed by atoms with van der Waals surface area (Å²) in [7, 11) is -3.93. The summed E-state index contributed by atoms with van der Waals surface area (Å²) in [6.45, 7) is 1.57. The Morgan fingerprint density at radius 2 is 1.58 bits per heavy atom. The summed E-state index contributed by atoms with van der Waals surface area (Å²) in [6.07, 6.45) is 0.388. The molecule has 1 atom stereocenters. The molecule has 4 nitrogen and oxygen atoms in total. The van der Waals surface area contributed by atoms with E-state index in [0.29, 0.717) is 12.0 Å². The highest BCUT2D eigenvalue weighted by molar-refractivity contribution is 7.89. The maximum absolute atomic E-state index is 14.9. The summed E-state index contributed by atoms with van der Waals surface area (Å²) < 4.78 is 48.9. The van der Waals surface area contributed by atoms with Crippen molar-refractivity contribution in [2.75, 3.05) is 13.2 Å². The van der Waals surface area contributed by atoms with E-state index >= 15 is 0 Å². The molecule has 1 aliphatic rings. The molecule has 0 aliphatic carbocycles. The minimum Gasteiger partial charge on any atom is -0.468 e. The zero-order valence-corrected chi connectivity index (χ0v) is 19.1. The van der Waals surface area contributed by atoms with Gasteiger partial charge in [-0.3, -0.25) is 0 Å². The molecule has 33 heavy (non-hydrogen) atoms. The Kier molecular flexibility index (Phi) is 6.93. The highest BCUT2D eigenvalue weighted by Gasteiger charge is 2.36. The summed E-state index contributed by atoms with van der Waals surface area (Å²) in [6, 6.07) is 23.9. The van der Waals surface area contributed by atoms with Crippen LogP contribution in [0.15, 0.2) is 101 Å². The van der Waals surface area contributed by atoms with Crippen LogP contribution in [0.1, 0.15) is 16.7 Å². The fourth-order valence-corrected chi connectivity index (χ4v) is 5.20.